The molecule has 0 saturated carbocycles. The van der Waals surface area contributed by atoms with Gasteiger partial charge in [0.05, 0.1) is 0 Å². The minimum atomic E-state index is -0.838. The van der Waals surface area contributed by atoms with E-state index in [0.717, 1.165) is 64.2 Å². The number of rotatable bonds is 56. The Morgan fingerprint density at radius 2 is 0.520 bits per heavy atom. The highest BCUT2D eigenvalue weighted by molar-refractivity contribution is 5.71. The fourth-order valence-electron chi connectivity index (χ4n) is 8.50. The third-order valence-corrected chi connectivity index (χ3v) is 13.2. The lowest BCUT2D eigenvalue weighted by Gasteiger charge is -2.18. The smallest absolute Gasteiger partial charge is 0.306 e. The summed E-state index contributed by atoms with van der Waals surface area (Å²) in [5, 5.41) is 0. The Labute approximate surface area is 463 Å². The van der Waals surface area contributed by atoms with Gasteiger partial charge in [0.1, 0.15) is 13.2 Å². The van der Waals surface area contributed by atoms with Gasteiger partial charge in [-0.2, -0.15) is 0 Å². The minimum absolute atomic E-state index is 0.122. The molecule has 75 heavy (non-hydrogen) atoms. The Morgan fingerprint density at radius 3 is 0.907 bits per heavy atom. The van der Waals surface area contributed by atoms with E-state index in [1.807, 2.05) is 6.08 Å². The lowest BCUT2D eigenvalue weighted by molar-refractivity contribution is -0.166. The van der Waals surface area contributed by atoms with E-state index >= 15 is 0 Å². The fourth-order valence-corrected chi connectivity index (χ4v) is 8.50. The first-order valence-corrected chi connectivity index (χ1v) is 31.4. The zero-order chi connectivity index (χ0) is 54.3. The van der Waals surface area contributed by atoms with E-state index in [0.29, 0.717) is 19.3 Å². The zero-order valence-electron chi connectivity index (χ0n) is 49.0. The Bertz CT molecular complexity index is 1520. The van der Waals surface area contributed by atoms with Gasteiger partial charge in [0.15, 0.2) is 6.10 Å². The molecule has 0 rings (SSSR count). The van der Waals surface area contributed by atoms with Gasteiger partial charge in [0, 0.05) is 19.3 Å². The summed E-state index contributed by atoms with van der Waals surface area (Å²) in [6, 6.07) is 0. The van der Waals surface area contributed by atoms with Crippen LogP contribution < -0.4 is 0 Å². The molecule has 0 N–H and O–H groups in total. The first-order chi connectivity index (χ1) is 37.0. The first kappa shape index (κ1) is 71.1. The summed E-state index contributed by atoms with van der Waals surface area (Å²) in [5.41, 5.74) is 0. The van der Waals surface area contributed by atoms with Crippen LogP contribution in [0.1, 0.15) is 290 Å². The van der Waals surface area contributed by atoms with Crippen LogP contribution >= 0.6 is 0 Å². The molecule has 0 spiro atoms. The third-order valence-electron chi connectivity index (χ3n) is 13.2. The monoisotopic (exact) mass is 1040 g/mol. The van der Waals surface area contributed by atoms with E-state index < -0.39 is 6.10 Å². The van der Waals surface area contributed by atoms with Crippen molar-refractivity contribution >= 4 is 17.9 Å². The van der Waals surface area contributed by atoms with Crippen LogP contribution in [0.2, 0.25) is 0 Å². The minimum Gasteiger partial charge on any atom is -0.462 e. The molecule has 0 amide bonds. The van der Waals surface area contributed by atoms with Crippen LogP contribution in [0.5, 0.6) is 0 Å². The average Bonchev–Trinajstić information content (AvgIpc) is 3.41. The van der Waals surface area contributed by atoms with Crippen molar-refractivity contribution in [1.29, 1.82) is 0 Å². The molecular weight excluding hydrogens is 925 g/mol. The quantitative estimate of drug-likeness (QED) is 0.0261. The second-order valence-corrected chi connectivity index (χ2v) is 20.6. The van der Waals surface area contributed by atoms with E-state index in [2.05, 4.69) is 124 Å². The zero-order valence-corrected chi connectivity index (χ0v) is 49.0. The highest BCUT2D eigenvalue weighted by atomic mass is 16.6. The highest BCUT2D eigenvalue weighted by Crippen LogP contribution is 2.15. The summed E-state index contributed by atoms with van der Waals surface area (Å²) in [7, 11) is 0. The van der Waals surface area contributed by atoms with Crippen LogP contribution in [-0.4, -0.2) is 37.2 Å². The maximum atomic E-state index is 12.9. The molecule has 0 aromatic carbocycles. The maximum absolute atomic E-state index is 12.9. The first-order valence-electron chi connectivity index (χ1n) is 31.4. The summed E-state index contributed by atoms with van der Waals surface area (Å²) in [6.07, 6.45) is 85.4. The maximum Gasteiger partial charge on any atom is 0.306 e. The molecule has 1 atom stereocenters. The summed E-state index contributed by atoms with van der Waals surface area (Å²) < 4.78 is 16.8. The van der Waals surface area contributed by atoms with Gasteiger partial charge in [-0.05, 0) is 116 Å². The van der Waals surface area contributed by atoms with Crippen LogP contribution in [0, 0.1) is 0 Å². The molecule has 0 aliphatic carbocycles. The molecule has 0 fully saturated rings. The number of hydrogen-bond acceptors (Lipinski definition) is 6. The van der Waals surface area contributed by atoms with E-state index in [4.69, 9.17) is 14.2 Å². The van der Waals surface area contributed by atoms with Crippen molar-refractivity contribution in [3.8, 4) is 0 Å². The van der Waals surface area contributed by atoms with Crippen molar-refractivity contribution in [2.24, 2.45) is 0 Å². The molecule has 0 aromatic heterocycles. The van der Waals surface area contributed by atoms with Gasteiger partial charge in [-0.15, -0.1) is 0 Å². The van der Waals surface area contributed by atoms with Gasteiger partial charge in [-0.1, -0.05) is 265 Å². The average molecular weight is 1040 g/mol. The summed E-state index contributed by atoms with van der Waals surface area (Å²) >= 11 is 0. The molecule has 0 saturated heterocycles. The van der Waals surface area contributed by atoms with E-state index in [9.17, 15) is 14.4 Å². The number of unbranched alkanes of at least 4 members (excludes halogenated alkanes) is 27. The molecule has 0 heterocycles. The third kappa shape index (κ3) is 60.8. The number of esters is 3. The van der Waals surface area contributed by atoms with Gasteiger partial charge in [0.2, 0.25) is 0 Å². The molecule has 6 nitrogen and oxygen atoms in total. The number of ether oxygens (including phenoxy) is 3. The largest absolute Gasteiger partial charge is 0.462 e. The van der Waals surface area contributed by atoms with Crippen LogP contribution in [0.3, 0.4) is 0 Å². The Kier molecular flexibility index (Phi) is 59.3. The normalized spacial score (nSPS) is 12.8. The van der Waals surface area contributed by atoms with E-state index in [-0.39, 0.29) is 44.0 Å². The summed E-state index contributed by atoms with van der Waals surface area (Å²) in [6.45, 7) is 6.51. The number of allylic oxidation sites excluding steroid dienone is 18. The highest BCUT2D eigenvalue weighted by Gasteiger charge is 2.19. The standard InChI is InChI=1S/C69H116O6/c1-4-7-10-13-16-19-22-25-28-31-33-34-36-39-41-44-47-50-53-56-59-62-68(71)74-65-66(75-69(72)63-60-57-54-51-48-45-42-37-30-27-24-21-18-15-12-9-6-3)64-73-67(70)61-58-55-52-49-46-43-40-38-35-32-29-26-23-20-17-14-11-8-5-2/h17,20,25-30,35,38,42-43,45-46,51-52,54-55,66H,4-16,18-19,21-24,31-34,36-37,39-41,44,47-50,53,56-65H2,1-3H3/b20-17-,28-25-,29-26-,30-27-,38-35-,45-42-,46-43-,54-51-,55-52-/t66-/m1/s1. The summed E-state index contributed by atoms with van der Waals surface area (Å²) in [4.78, 5) is 38.2. The van der Waals surface area contributed by atoms with Gasteiger partial charge in [0.25, 0.3) is 0 Å². The van der Waals surface area contributed by atoms with Gasteiger partial charge in [-0.3, -0.25) is 14.4 Å². The molecule has 0 unspecified atom stereocenters. The van der Waals surface area contributed by atoms with Crippen LogP contribution in [0.15, 0.2) is 109 Å². The van der Waals surface area contributed by atoms with Crippen LogP contribution in [0.4, 0.5) is 0 Å². The van der Waals surface area contributed by atoms with Crippen molar-refractivity contribution < 1.29 is 28.6 Å². The molecule has 0 aliphatic rings. The topological polar surface area (TPSA) is 78.9 Å². The Hall–Kier alpha value is -3.93. The molecule has 428 valence electrons. The van der Waals surface area contributed by atoms with E-state index in [1.165, 1.54) is 173 Å². The molecule has 0 aliphatic heterocycles. The molecule has 0 aromatic rings. The lowest BCUT2D eigenvalue weighted by Crippen LogP contribution is -2.30. The molecule has 0 bridgehead atoms. The van der Waals surface area contributed by atoms with Crippen molar-refractivity contribution in [3.05, 3.63) is 109 Å². The van der Waals surface area contributed by atoms with Crippen LogP contribution in [-0.2, 0) is 28.6 Å². The number of carbonyl (C=O) groups is 3. The van der Waals surface area contributed by atoms with E-state index in [1.54, 1.807) is 0 Å². The molecule has 6 heteroatoms. The predicted octanol–water partition coefficient (Wildman–Crippen LogP) is 21.4. The second kappa shape index (κ2) is 62.6. The number of carbonyl (C=O) groups excluding carboxylic acids is 3. The molecular formula is C69H116O6. The second-order valence-electron chi connectivity index (χ2n) is 20.6. The predicted molar refractivity (Wildman–Crippen MR) is 325 cm³/mol. The van der Waals surface area contributed by atoms with Crippen LogP contribution in [0.25, 0.3) is 0 Å². The SMILES string of the molecule is CCCCC/C=C\C/C=C\C/C=C\C/C=C\C/C=C\CCC(=O)OC[C@H](COC(=O)CCCCCCCCCCCCC/C=C\CCCCCCCC)OC(=O)CCC/C=C\C/C=C\C/C=C\CCCCCCCC. The lowest BCUT2D eigenvalue weighted by atomic mass is 10.0. The van der Waals surface area contributed by atoms with Gasteiger partial charge < -0.3 is 14.2 Å². The number of hydrogen-bond donors (Lipinski definition) is 0. The van der Waals surface area contributed by atoms with Gasteiger partial charge >= 0.3 is 17.9 Å². The Balaban J connectivity index is 4.53. The Morgan fingerprint density at radius 1 is 0.267 bits per heavy atom. The summed E-state index contributed by atoms with van der Waals surface area (Å²) in [5.74, 6) is -1.06. The fraction of sp³-hybridized carbons (Fsp3) is 0.696. The van der Waals surface area contributed by atoms with Crippen molar-refractivity contribution in [1.82, 2.24) is 0 Å². The van der Waals surface area contributed by atoms with Crippen molar-refractivity contribution in [2.75, 3.05) is 13.2 Å². The molecule has 0 radical (unpaired) electrons. The van der Waals surface area contributed by atoms with Gasteiger partial charge in [-0.25, -0.2) is 0 Å². The van der Waals surface area contributed by atoms with Crippen molar-refractivity contribution in [2.45, 2.75) is 297 Å². The van der Waals surface area contributed by atoms with Crippen molar-refractivity contribution in [3.63, 3.8) is 0 Å².